The van der Waals surface area contributed by atoms with E-state index in [9.17, 15) is 10.2 Å². The van der Waals surface area contributed by atoms with Crippen LogP contribution in [0.1, 0.15) is 72.1 Å². The fourth-order valence-corrected chi connectivity index (χ4v) is 8.07. The molecule has 0 aromatic carbocycles. The van der Waals surface area contributed by atoms with Crippen molar-refractivity contribution in [2.24, 2.45) is 46.2 Å². The van der Waals surface area contributed by atoms with Gasteiger partial charge in [0.05, 0.1) is 12.2 Å². The molecule has 4 N–H and O–H groups in total. The standard InChI is InChI=1S/C21H37NO2/c1-4-12-5-6-14-17-15(8-10-20(12,14)2)21(3)9-7-13(22)11-16(21)18(23)19(17)24/h12-19,23-24H,4-11,22H2,1-3H3/t12-,13+,14?,15?,16?,17?,18+,19+,20+,21+/m0/s1. The van der Waals surface area contributed by atoms with E-state index in [0.717, 1.165) is 25.2 Å². The molecule has 3 nitrogen and oxygen atoms in total. The quantitative estimate of drug-likeness (QED) is 0.688. The Balaban J connectivity index is 1.70. The van der Waals surface area contributed by atoms with Crippen LogP contribution in [-0.2, 0) is 0 Å². The maximum Gasteiger partial charge on any atom is 0.0836 e. The highest BCUT2D eigenvalue weighted by molar-refractivity contribution is 5.13. The highest BCUT2D eigenvalue weighted by Gasteiger charge is 2.64. The molecule has 10 atom stereocenters. The molecule has 4 unspecified atom stereocenters. The number of aliphatic hydroxyl groups is 2. The van der Waals surface area contributed by atoms with Gasteiger partial charge in [-0.3, -0.25) is 0 Å². The van der Waals surface area contributed by atoms with Gasteiger partial charge in [0.1, 0.15) is 0 Å². The third-order valence-electron chi connectivity index (χ3n) is 9.48. The van der Waals surface area contributed by atoms with Crippen molar-refractivity contribution in [1.82, 2.24) is 0 Å². The second-order valence-corrected chi connectivity index (χ2v) is 10.1. The molecule has 138 valence electrons. The first-order valence-corrected chi connectivity index (χ1v) is 10.4. The molecule has 4 saturated carbocycles. The van der Waals surface area contributed by atoms with Crippen molar-refractivity contribution in [2.75, 3.05) is 0 Å². The summed E-state index contributed by atoms with van der Waals surface area (Å²) in [4.78, 5) is 0. The van der Waals surface area contributed by atoms with Crippen molar-refractivity contribution in [3.63, 3.8) is 0 Å². The molecule has 4 fully saturated rings. The van der Waals surface area contributed by atoms with Gasteiger partial charge in [0.15, 0.2) is 0 Å². The first kappa shape index (κ1) is 17.3. The lowest BCUT2D eigenvalue weighted by molar-refractivity contribution is -0.215. The highest BCUT2D eigenvalue weighted by atomic mass is 16.3. The van der Waals surface area contributed by atoms with E-state index in [0.29, 0.717) is 23.2 Å². The molecule has 0 bridgehead atoms. The second-order valence-electron chi connectivity index (χ2n) is 10.1. The Morgan fingerprint density at radius 3 is 2.25 bits per heavy atom. The van der Waals surface area contributed by atoms with Crippen LogP contribution < -0.4 is 5.73 Å². The van der Waals surface area contributed by atoms with Crippen LogP contribution in [0.2, 0.25) is 0 Å². The van der Waals surface area contributed by atoms with E-state index in [1.807, 2.05) is 0 Å². The lowest BCUT2D eigenvalue weighted by atomic mass is 9.43. The Labute approximate surface area is 147 Å². The molecule has 3 heteroatoms. The Hall–Kier alpha value is -0.120. The van der Waals surface area contributed by atoms with Crippen molar-refractivity contribution in [3.8, 4) is 0 Å². The van der Waals surface area contributed by atoms with Crippen LogP contribution in [-0.4, -0.2) is 28.5 Å². The van der Waals surface area contributed by atoms with Gasteiger partial charge in [0.2, 0.25) is 0 Å². The number of aliphatic hydroxyl groups excluding tert-OH is 2. The highest BCUT2D eigenvalue weighted by Crippen LogP contribution is 2.67. The zero-order valence-electron chi connectivity index (χ0n) is 15.7. The fraction of sp³-hybridized carbons (Fsp3) is 1.00. The van der Waals surface area contributed by atoms with E-state index in [1.54, 1.807) is 0 Å². The number of hydrogen-bond acceptors (Lipinski definition) is 3. The summed E-state index contributed by atoms with van der Waals surface area (Å²) in [5, 5.41) is 22.2. The van der Waals surface area contributed by atoms with E-state index in [1.165, 1.54) is 32.1 Å². The summed E-state index contributed by atoms with van der Waals surface area (Å²) in [6, 6.07) is 0.200. The van der Waals surface area contributed by atoms with Gasteiger partial charge in [-0.2, -0.15) is 0 Å². The van der Waals surface area contributed by atoms with Gasteiger partial charge in [-0.05, 0) is 85.4 Å². The van der Waals surface area contributed by atoms with Crippen LogP contribution in [0.3, 0.4) is 0 Å². The van der Waals surface area contributed by atoms with E-state index in [2.05, 4.69) is 20.8 Å². The van der Waals surface area contributed by atoms with Crippen LogP contribution in [0, 0.1) is 40.4 Å². The SMILES string of the molecule is CC[C@H]1CCC2C3C(CC[C@@]21C)[C@@]1(C)CC[C@@H](N)CC1[C@@H](O)[C@@H]3O. The Morgan fingerprint density at radius 2 is 1.54 bits per heavy atom. The molecule has 0 spiro atoms. The lowest BCUT2D eigenvalue weighted by Crippen LogP contribution is -2.64. The average molecular weight is 336 g/mol. The summed E-state index contributed by atoms with van der Waals surface area (Å²) in [6.07, 6.45) is 8.35. The molecule has 0 aromatic rings. The summed E-state index contributed by atoms with van der Waals surface area (Å²) >= 11 is 0. The van der Waals surface area contributed by atoms with Crippen LogP contribution in [0.4, 0.5) is 0 Å². The monoisotopic (exact) mass is 335 g/mol. The van der Waals surface area contributed by atoms with Gasteiger partial charge < -0.3 is 15.9 Å². The molecule has 0 aliphatic heterocycles. The minimum Gasteiger partial charge on any atom is -0.390 e. The van der Waals surface area contributed by atoms with E-state index in [4.69, 9.17) is 5.73 Å². The predicted octanol–water partition coefficient (Wildman–Crippen LogP) is 3.32. The van der Waals surface area contributed by atoms with Crippen molar-refractivity contribution >= 4 is 0 Å². The van der Waals surface area contributed by atoms with Gasteiger partial charge in [-0.1, -0.05) is 27.2 Å². The molecule has 24 heavy (non-hydrogen) atoms. The second kappa shape index (κ2) is 5.69. The molecular formula is C21H37NO2. The van der Waals surface area contributed by atoms with Crippen LogP contribution in [0.5, 0.6) is 0 Å². The van der Waals surface area contributed by atoms with Crippen LogP contribution in [0.15, 0.2) is 0 Å². The topological polar surface area (TPSA) is 66.5 Å². The summed E-state index contributed by atoms with van der Waals surface area (Å²) in [6.45, 7) is 7.22. The fourth-order valence-electron chi connectivity index (χ4n) is 8.07. The molecular weight excluding hydrogens is 298 g/mol. The van der Waals surface area contributed by atoms with E-state index in [-0.39, 0.29) is 17.4 Å². The van der Waals surface area contributed by atoms with E-state index < -0.39 is 12.2 Å². The van der Waals surface area contributed by atoms with Crippen LogP contribution >= 0.6 is 0 Å². The van der Waals surface area contributed by atoms with Crippen molar-refractivity contribution in [3.05, 3.63) is 0 Å². The molecule has 4 rings (SSSR count). The molecule has 4 aliphatic rings. The summed E-state index contributed by atoms with van der Waals surface area (Å²) < 4.78 is 0. The number of nitrogens with two attached hydrogens (primary N) is 1. The minimum absolute atomic E-state index is 0.171. The van der Waals surface area contributed by atoms with Gasteiger partial charge in [-0.25, -0.2) is 0 Å². The minimum atomic E-state index is -0.578. The molecule has 4 aliphatic carbocycles. The van der Waals surface area contributed by atoms with Gasteiger partial charge in [0, 0.05) is 6.04 Å². The molecule has 0 heterocycles. The number of rotatable bonds is 1. The lowest BCUT2D eigenvalue weighted by Gasteiger charge is -2.63. The maximum atomic E-state index is 11.1. The molecule has 0 amide bonds. The Bertz CT molecular complexity index is 496. The normalized spacial score (nSPS) is 60.2. The molecule has 0 saturated heterocycles. The van der Waals surface area contributed by atoms with E-state index >= 15 is 0 Å². The Morgan fingerprint density at radius 1 is 0.875 bits per heavy atom. The Kier molecular flexibility index (Phi) is 4.10. The van der Waals surface area contributed by atoms with Gasteiger partial charge >= 0.3 is 0 Å². The summed E-state index contributed by atoms with van der Waals surface area (Å²) in [7, 11) is 0. The van der Waals surface area contributed by atoms with Crippen LogP contribution in [0.25, 0.3) is 0 Å². The zero-order chi connectivity index (χ0) is 17.3. The number of hydrogen-bond donors (Lipinski definition) is 3. The van der Waals surface area contributed by atoms with Gasteiger partial charge in [0.25, 0.3) is 0 Å². The first-order valence-electron chi connectivity index (χ1n) is 10.4. The summed E-state index contributed by atoms with van der Waals surface area (Å²) in [5.74, 6) is 2.45. The third kappa shape index (κ3) is 2.13. The van der Waals surface area contributed by atoms with Crippen molar-refractivity contribution in [1.29, 1.82) is 0 Å². The first-order chi connectivity index (χ1) is 11.3. The zero-order valence-corrected chi connectivity index (χ0v) is 15.7. The van der Waals surface area contributed by atoms with Crippen molar-refractivity contribution in [2.45, 2.75) is 90.4 Å². The maximum absolute atomic E-state index is 11.1. The third-order valence-corrected chi connectivity index (χ3v) is 9.48. The number of fused-ring (bicyclic) bond motifs is 5. The van der Waals surface area contributed by atoms with Gasteiger partial charge in [-0.15, -0.1) is 0 Å². The largest absolute Gasteiger partial charge is 0.390 e. The van der Waals surface area contributed by atoms with Crippen molar-refractivity contribution < 1.29 is 10.2 Å². The average Bonchev–Trinajstić information content (AvgIpc) is 2.90. The molecule has 0 radical (unpaired) electrons. The summed E-state index contributed by atoms with van der Waals surface area (Å²) in [5.41, 5.74) is 6.78. The molecule has 0 aromatic heterocycles. The predicted molar refractivity (Wildman–Crippen MR) is 96.3 cm³/mol. The smallest absolute Gasteiger partial charge is 0.0836 e.